The van der Waals surface area contributed by atoms with Gasteiger partial charge in [0.25, 0.3) is 5.91 Å². The van der Waals surface area contributed by atoms with Crippen LogP contribution < -0.4 is 11.1 Å². The number of halogens is 2. The number of pyridine rings is 2. The van der Waals surface area contributed by atoms with Gasteiger partial charge in [-0.1, -0.05) is 47.3 Å². The normalized spacial score (nSPS) is 15.9. The number of carboxylic acid groups (broad SMARTS) is 1. The Bertz CT molecular complexity index is 2590. The number of aromatic amines is 1. The van der Waals surface area contributed by atoms with E-state index in [2.05, 4.69) is 88.1 Å². The third-order valence-electron chi connectivity index (χ3n) is 11.8. The zero-order valence-corrected chi connectivity index (χ0v) is 39.8. The summed E-state index contributed by atoms with van der Waals surface area (Å²) in [6.45, 7) is 20.7. The van der Waals surface area contributed by atoms with Crippen LogP contribution in [0.1, 0.15) is 121 Å². The lowest BCUT2D eigenvalue weighted by Gasteiger charge is -2.30. The van der Waals surface area contributed by atoms with E-state index in [-0.39, 0.29) is 40.3 Å². The van der Waals surface area contributed by atoms with Crippen molar-refractivity contribution < 1.29 is 28.2 Å². The molecule has 0 radical (unpaired) electrons. The maximum atomic E-state index is 13.4. The van der Waals surface area contributed by atoms with Crippen LogP contribution in [0.4, 0.5) is 20.2 Å². The number of hydrogen-bond acceptors (Lipinski definition) is 10. The van der Waals surface area contributed by atoms with Crippen LogP contribution in [0.25, 0.3) is 0 Å². The Balaban J connectivity index is 0.000000169. The number of aromatic carboxylic acids is 1. The van der Waals surface area contributed by atoms with Crippen molar-refractivity contribution in [3.05, 3.63) is 118 Å². The number of carbonyl (C=O) groups excluding carboxylic acids is 1. The van der Waals surface area contributed by atoms with Crippen LogP contribution in [-0.2, 0) is 37.2 Å². The van der Waals surface area contributed by atoms with E-state index >= 15 is 0 Å². The monoisotopic (exact) mass is 912 g/mol. The Morgan fingerprint density at radius 2 is 1.45 bits per heavy atom. The summed E-state index contributed by atoms with van der Waals surface area (Å²) in [5.41, 5.74) is 13.2. The number of anilines is 2. The van der Waals surface area contributed by atoms with Gasteiger partial charge < -0.3 is 20.9 Å². The van der Waals surface area contributed by atoms with Gasteiger partial charge in [0.2, 0.25) is 0 Å². The molecule has 19 heteroatoms. The summed E-state index contributed by atoms with van der Waals surface area (Å²) in [6.07, 6.45) is 17.5. The van der Waals surface area contributed by atoms with Crippen LogP contribution in [0, 0.1) is 22.5 Å². The van der Waals surface area contributed by atoms with E-state index in [1.54, 1.807) is 51.2 Å². The minimum Gasteiger partial charge on any atom is -0.476 e. The highest BCUT2D eigenvalue weighted by Crippen LogP contribution is 2.37. The van der Waals surface area contributed by atoms with Crippen LogP contribution in [0.15, 0.2) is 61.7 Å². The summed E-state index contributed by atoms with van der Waals surface area (Å²) in [7, 11) is -1.11. The average molecular weight is 913 g/mol. The first-order chi connectivity index (χ1) is 30.6. The highest BCUT2D eigenvalue weighted by molar-refractivity contribution is 6.76. The van der Waals surface area contributed by atoms with E-state index in [0.717, 1.165) is 85.5 Å². The molecule has 5 N–H and O–H groups in total. The molecule has 2 aliphatic rings. The molecule has 0 bridgehead atoms. The number of nitrogen functional groups attached to an aromatic ring is 1. The average Bonchev–Trinajstić information content (AvgIpc) is 4.05. The number of ether oxygens (including phenoxy) is 1. The molecule has 1 amide bonds. The molecule has 0 saturated carbocycles. The molecule has 6 aromatic heterocycles. The van der Waals surface area contributed by atoms with E-state index in [9.17, 15) is 23.5 Å². The first kappa shape index (κ1) is 48.4. The molecule has 6 aromatic rings. The summed E-state index contributed by atoms with van der Waals surface area (Å²) in [5, 5.41) is 32.1. The molecule has 2 aliphatic carbocycles. The van der Waals surface area contributed by atoms with Gasteiger partial charge in [-0.25, -0.2) is 18.3 Å². The van der Waals surface area contributed by atoms with Gasteiger partial charge in [-0.15, -0.1) is 0 Å². The van der Waals surface area contributed by atoms with Crippen LogP contribution in [-0.4, -0.2) is 81.2 Å². The zero-order valence-electron chi connectivity index (χ0n) is 38.8. The van der Waals surface area contributed by atoms with Crippen LogP contribution in [0.2, 0.25) is 25.7 Å². The van der Waals surface area contributed by atoms with Crippen molar-refractivity contribution in [1.29, 1.82) is 0 Å². The van der Waals surface area contributed by atoms with Crippen molar-refractivity contribution in [2.75, 3.05) is 17.7 Å². The maximum Gasteiger partial charge on any atom is 0.356 e. The topological polar surface area (TPSA) is 210 Å². The standard InChI is InChI=1S/C20H23FN6O.C16H28N2O3Si.C10H11FN4/c1-12(13-6-14(21)9-22-8-13)27-11-15(10-23-27)24-19(28)18-16-4-5-20(2,3)7-17(16)25-26-18;1-16(2)7-6-12-13(10-16)18(17-14(12)15(19)20)11-21-8-9-22(3,4)5;1-7(15-6-10(12)5-14-15)8-2-9(11)4-13-3-8/h6,8-12H,4-5,7H2,1-3H3,(H,24,28)(H,25,26);6-11H2,1-5H3,(H,19,20);2-7H,12H2,1H3. The third kappa shape index (κ3) is 12.8. The Morgan fingerprint density at radius 3 is 2.02 bits per heavy atom. The lowest BCUT2D eigenvalue weighted by atomic mass is 9.76. The summed E-state index contributed by atoms with van der Waals surface area (Å²) in [5.74, 6) is -1.93. The summed E-state index contributed by atoms with van der Waals surface area (Å²) in [4.78, 5) is 31.8. The molecule has 0 saturated heterocycles. The van der Waals surface area contributed by atoms with E-state index in [1.807, 2.05) is 13.8 Å². The van der Waals surface area contributed by atoms with Gasteiger partial charge in [0.05, 0.1) is 48.2 Å². The molecule has 0 spiro atoms. The molecule has 16 nitrogen and oxygen atoms in total. The Labute approximate surface area is 379 Å². The van der Waals surface area contributed by atoms with Gasteiger partial charge in [-0.05, 0) is 92.5 Å². The Hall–Kier alpha value is -6.08. The van der Waals surface area contributed by atoms with Gasteiger partial charge in [0.15, 0.2) is 11.4 Å². The van der Waals surface area contributed by atoms with Gasteiger partial charge in [-0.2, -0.15) is 20.4 Å². The molecule has 65 heavy (non-hydrogen) atoms. The van der Waals surface area contributed by atoms with E-state index in [1.165, 1.54) is 18.3 Å². The number of carbonyl (C=O) groups is 2. The number of rotatable bonds is 12. The minimum atomic E-state index is -1.11. The minimum absolute atomic E-state index is 0.0782. The van der Waals surface area contributed by atoms with E-state index in [4.69, 9.17) is 10.5 Å². The van der Waals surface area contributed by atoms with Gasteiger partial charge in [-0.3, -0.25) is 29.2 Å². The summed E-state index contributed by atoms with van der Waals surface area (Å²) in [6, 6.07) is 3.68. The smallest absolute Gasteiger partial charge is 0.356 e. The quantitative estimate of drug-likeness (QED) is 0.0675. The van der Waals surface area contributed by atoms with Crippen molar-refractivity contribution in [2.24, 2.45) is 10.8 Å². The second-order valence-corrected chi connectivity index (χ2v) is 25.4. The van der Waals surface area contributed by atoms with Gasteiger partial charge >= 0.3 is 5.97 Å². The van der Waals surface area contributed by atoms with Crippen molar-refractivity contribution >= 4 is 31.3 Å². The Morgan fingerprint density at radius 1 is 0.862 bits per heavy atom. The Kier molecular flexibility index (Phi) is 14.9. The predicted octanol–water partition coefficient (Wildman–Crippen LogP) is 8.53. The number of hydrogen-bond donors (Lipinski definition) is 4. The van der Waals surface area contributed by atoms with Crippen molar-refractivity contribution in [3.8, 4) is 0 Å². The SMILES string of the molecule is CC(c1cncc(F)c1)n1cc(N)cn1.CC(c1cncc(F)c1)n1cc(NC(=O)c2n[nH]c3c2CCC(C)(C)C3)cn1.CC1(C)CCc2c(C(=O)O)nn(COCC[Si](C)(C)C)c2C1. The van der Waals surface area contributed by atoms with Gasteiger partial charge in [0, 0.05) is 62.0 Å². The highest BCUT2D eigenvalue weighted by Gasteiger charge is 2.33. The number of aromatic nitrogens is 10. The second kappa shape index (κ2) is 20.0. The number of H-pyrrole nitrogens is 1. The summed E-state index contributed by atoms with van der Waals surface area (Å²) >= 11 is 0. The molecular formula is C46H62F2N12O4Si. The lowest BCUT2D eigenvalue weighted by Crippen LogP contribution is -2.25. The second-order valence-electron chi connectivity index (χ2n) is 19.8. The fraction of sp³-hybridized carbons (Fsp3) is 0.478. The molecule has 348 valence electrons. The van der Waals surface area contributed by atoms with Crippen LogP contribution in [0.5, 0.6) is 0 Å². The molecule has 0 fully saturated rings. The van der Waals surface area contributed by atoms with Gasteiger partial charge in [0.1, 0.15) is 18.4 Å². The number of fused-ring (bicyclic) bond motifs is 2. The largest absolute Gasteiger partial charge is 0.476 e. The van der Waals surface area contributed by atoms with Crippen LogP contribution in [0.3, 0.4) is 0 Å². The molecule has 2 atom stereocenters. The molecule has 6 heterocycles. The fourth-order valence-corrected chi connectivity index (χ4v) is 8.59. The zero-order chi connectivity index (χ0) is 47.3. The van der Waals surface area contributed by atoms with Crippen LogP contribution >= 0.6 is 0 Å². The van der Waals surface area contributed by atoms with Crippen molar-refractivity contribution in [3.63, 3.8) is 0 Å². The lowest BCUT2D eigenvalue weighted by molar-refractivity contribution is 0.0667. The van der Waals surface area contributed by atoms with Crippen molar-refractivity contribution in [1.82, 2.24) is 49.5 Å². The summed E-state index contributed by atoms with van der Waals surface area (Å²) < 4.78 is 37.2. The van der Waals surface area contributed by atoms with E-state index < -0.39 is 19.9 Å². The van der Waals surface area contributed by atoms with Crippen molar-refractivity contribution in [2.45, 2.75) is 125 Å². The number of nitrogens with zero attached hydrogens (tertiary/aromatic N) is 9. The third-order valence-corrected chi connectivity index (χ3v) is 13.5. The first-order valence-corrected chi connectivity index (χ1v) is 25.6. The number of carboxylic acids is 1. The number of amides is 1. The van der Waals surface area contributed by atoms with E-state index in [0.29, 0.717) is 29.4 Å². The number of nitrogens with one attached hydrogen (secondary N) is 2. The molecule has 0 aromatic carbocycles. The first-order valence-electron chi connectivity index (χ1n) is 21.9. The molecule has 8 rings (SSSR count). The highest BCUT2D eigenvalue weighted by atomic mass is 28.3. The maximum absolute atomic E-state index is 13.4. The molecule has 2 unspecified atom stereocenters. The number of nitrogens with two attached hydrogens (primary N) is 1. The predicted molar refractivity (Wildman–Crippen MR) is 246 cm³/mol. The molecule has 0 aliphatic heterocycles. The fourth-order valence-electron chi connectivity index (χ4n) is 7.83. The molecular weight excluding hydrogens is 851 g/mol.